The van der Waals surface area contributed by atoms with E-state index in [1.807, 2.05) is 6.92 Å². The standard InChI is InChI=1S/C17H25FN2O/c1-11-5-4-6-16(12(11)2)19-13(3)17(21)20-15-9-7-14(18)8-10-15/h7-13,16,19H,4-6H2,1-3H3,(H,20,21)/p+1/t11-,12-,13+,16+/m1/s1. The van der Waals surface area contributed by atoms with Gasteiger partial charge < -0.3 is 10.6 Å². The Labute approximate surface area is 126 Å². The number of hydrogen-bond donors (Lipinski definition) is 2. The van der Waals surface area contributed by atoms with Crippen molar-refractivity contribution in [3.8, 4) is 0 Å². The van der Waals surface area contributed by atoms with Crippen molar-refractivity contribution >= 4 is 11.6 Å². The molecule has 2 rings (SSSR count). The summed E-state index contributed by atoms with van der Waals surface area (Å²) in [6.07, 6.45) is 3.72. The van der Waals surface area contributed by atoms with Gasteiger partial charge in [-0.15, -0.1) is 0 Å². The van der Waals surface area contributed by atoms with E-state index >= 15 is 0 Å². The summed E-state index contributed by atoms with van der Waals surface area (Å²) >= 11 is 0. The predicted octanol–water partition coefficient (Wildman–Crippen LogP) is 2.54. The van der Waals surface area contributed by atoms with Gasteiger partial charge in [-0.1, -0.05) is 13.8 Å². The zero-order chi connectivity index (χ0) is 15.4. The van der Waals surface area contributed by atoms with Crippen molar-refractivity contribution in [3.05, 3.63) is 30.1 Å². The van der Waals surface area contributed by atoms with Crippen LogP contribution in [0.15, 0.2) is 24.3 Å². The molecule has 1 fully saturated rings. The molecule has 0 aromatic heterocycles. The summed E-state index contributed by atoms with van der Waals surface area (Å²) in [5, 5.41) is 5.04. The van der Waals surface area contributed by atoms with E-state index in [9.17, 15) is 9.18 Å². The van der Waals surface area contributed by atoms with E-state index in [1.165, 1.54) is 31.4 Å². The number of quaternary nitrogens is 1. The molecule has 1 amide bonds. The van der Waals surface area contributed by atoms with Crippen LogP contribution in [-0.2, 0) is 4.79 Å². The molecular formula is C17H26FN2O+. The highest BCUT2D eigenvalue weighted by Crippen LogP contribution is 2.27. The molecule has 0 unspecified atom stereocenters. The zero-order valence-electron chi connectivity index (χ0n) is 13.1. The molecule has 1 saturated carbocycles. The minimum Gasteiger partial charge on any atom is -0.334 e. The number of hydrogen-bond acceptors (Lipinski definition) is 1. The van der Waals surface area contributed by atoms with Gasteiger partial charge in [0.15, 0.2) is 6.04 Å². The second-order valence-corrected chi connectivity index (χ2v) is 6.41. The smallest absolute Gasteiger partial charge is 0.282 e. The molecular weight excluding hydrogens is 267 g/mol. The maximum Gasteiger partial charge on any atom is 0.282 e. The van der Waals surface area contributed by atoms with Crippen LogP contribution < -0.4 is 10.6 Å². The van der Waals surface area contributed by atoms with E-state index in [2.05, 4.69) is 24.5 Å². The van der Waals surface area contributed by atoms with E-state index in [0.717, 1.165) is 5.92 Å². The van der Waals surface area contributed by atoms with Gasteiger partial charge in [-0.05, 0) is 56.4 Å². The Balaban J connectivity index is 1.88. The van der Waals surface area contributed by atoms with Crippen molar-refractivity contribution in [1.82, 2.24) is 0 Å². The second-order valence-electron chi connectivity index (χ2n) is 6.41. The van der Waals surface area contributed by atoms with Gasteiger partial charge in [0.25, 0.3) is 5.91 Å². The molecule has 0 radical (unpaired) electrons. The van der Waals surface area contributed by atoms with Gasteiger partial charge in [-0.25, -0.2) is 4.39 Å². The second kappa shape index (κ2) is 7.03. The topological polar surface area (TPSA) is 45.7 Å². The highest BCUT2D eigenvalue weighted by atomic mass is 19.1. The van der Waals surface area contributed by atoms with Crippen LogP contribution >= 0.6 is 0 Å². The molecule has 0 bridgehead atoms. The van der Waals surface area contributed by atoms with Crippen LogP contribution in [0.5, 0.6) is 0 Å². The molecule has 1 aromatic carbocycles. The molecule has 4 atom stereocenters. The van der Waals surface area contributed by atoms with E-state index in [1.54, 1.807) is 12.1 Å². The Morgan fingerprint density at radius 3 is 2.62 bits per heavy atom. The third-order valence-electron chi connectivity index (χ3n) is 4.83. The van der Waals surface area contributed by atoms with E-state index in [4.69, 9.17) is 0 Å². The monoisotopic (exact) mass is 293 g/mol. The number of nitrogens with one attached hydrogen (secondary N) is 1. The van der Waals surface area contributed by atoms with Crippen LogP contribution in [0.1, 0.15) is 40.0 Å². The largest absolute Gasteiger partial charge is 0.334 e. The van der Waals surface area contributed by atoms with Gasteiger partial charge in [0.1, 0.15) is 5.82 Å². The molecule has 1 aliphatic rings. The van der Waals surface area contributed by atoms with Crippen molar-refractivity contribution < 1.29 is 14.5 Å². The molecule has 0 spiro atoms. The zero-order valence-corrected chi connectivity index (χ0v) is 13.1. The number of carbonyl (C=O) groups excluding carboxylic acids is 1. The number of halogens is 1. The first-order valence-corrected chi connectivity index (χ1v) is 7.89. The molecule has 4 heteroatoms. The fourth-order valence-electron chi connectivity index (χ4n) is 3.14. The van der Waals surface area contributed by atoms with Crippen molar-refractivity contribution in [2.45, 2.75) is 52.1 Å². The lowest BCUT2D eigenvalue weighted by Crippen LogP contribution is -2.97. The fourth-order valence-corrected chi connectivity index (χ4v) is 3.14. The third kappa shape index (κ3) is 4.27. The van der Waals surface area contributed by atoms with Crippen LogP contribution in [0.2, 0.25) is 0 Å². The van der Waals surface area contributed by atoms with Gasteiger partial charge in [-0.2, -0.15) is 0 Å². The summed E-state index contributed by atoms with van der Waals surface area (Å²) in [7, 11) is 0. The molecule has 1 aliphatic carbocycles. The molecule has 1 aromatic rings. The maximum absolute atomic E-state index is 12.9. The normalized spacial score (nSPS) is 27.1. The summed E-state index contributed by atoms with van der Waals surface area (Å²) in [6, 6.07) is 6.27. The quantitative estimate of drug-likeness (QED) is 0.880. The first-order chi connectivity index (χ1) is 9.97. The van der Waals surface area contributed by atoms with Gasteiger partial charge >= 0.3 is 0 Å². The van der Waals surface area contributed by atoms with E-state index in [-0.39, 0.29) is 17.8 Å². The Morgan fingerprint density at radius 1 is 1.29 bits per heavy atom. The highest BCUT2D eigenvalue weighted by Gasteiger charge is 2.32. The number of benzene rings is 1. The average molecular weight is 293 g/mol. The highest BCUT2D eigenvalue weighted by molar-refractivity contribution is 5.93. The molecule has 0 heterocycles. The van der Waals surface area contributed by atoms with Crippen LogP contribution in [0, 0.1) is 17.7 Å². The number of carbonyl (C=O) groups is 1. The van der Waals surface area contributed by atoms with Crippen LogP contribution in [0.25, 0.3) is 0 Å². The van der Waals surface area contributed by atoms with Crippen molar-refractivity contribution in [2.24, 2.45) is 11.8 Å². The molecule has 0 aliphatic heterocycles. The van der Waals surface area contributed by atoms with Gasteiger partial charge in [-0.3, -0.25) is 4.79 Å². The van der Waals surface area contributed by atoms with E-state index in [0.29, 0.717) is 17.6 Å². The summed E-state index contributed by atoms with van der Waals surface area (Å²) < 4.78 is 12.9. The fraction of sp³-hybridized carbons (Fsp3) is 0.588. The van der Waals surface area contributed by atoms with Gasteiger partial charge in [0, 0.05) is 11.6 Å². The number of nitrogens with two attached hydrogens (primary N) is 1. The van der Waals surface area contributed by atoms with E-state index < -0.39 is 0 Å². The van der Waals surface area contributed by atoms with Crippen molar-refractivity contribution in [2.75, 3.05) is 5.32 Å². The lowest BCUT2D eigenvalue weighted by atomic mass is 9.78. The lowest BCUT2D eigenvalue weighted by Gasteiger charge is -2.33. The molecule has 21 heavy (non-hydrogen) atoms. The molecule has 3 nitrogen and oxygen atoms in total. The van der Waals surface area contributed by atoms with Gasteiger partial charge in [0.05, 0.1) is 6.04 Å². The van der Waals surface area contributed by atoms with Crippen molar-refractivity contribution in [3.63, 3.8) is 0 Å². The summed E-state index contributed by atoms with van der Waals surface area (Å²) in [6.45, 7) is 6.52. The maximum atomic E-state index is 12.9. The average Bonchev–Trinajstić information content (AvgIpc) is 2.46. The lowest BCUT2D eigenvalue weighted by molar-refractivity contribution is -0.715. The van der Waals surface area contributed by atoms with Crippen LogP contribution in [-0.4, -0.2) is 18.0 Å². The van der Waals surface area contributed by atoms with Crippen molar-refractivity contribution in [1.29, 1.82) is 0 Å². The SMILES string of the molecule is C[C@@H]1[C@H](C)CCC[C@@H]1[NH2+][C@@H](C)C(=O)Nc1ccc(F)cc1. The minimum atomic E-state index is -0.294. The first-order valence-electron chi connectivity index (χ1n) is 7.89. The Bertz CT molecular complexity index is 474. The molecule has 3 N–H and O–H groups in total. The van der Waals surface area contributed by atoms with Gasteiger partial charge in [0.2, 0.25) is 0 Å². The predicted molar refractivity (Wildman–Crippen MR) is 82.4 cm³/mol. The summed E-state index contributed by atoms with van der Waals surface area (Å²) in [5.41, 5.74) is 0.645. The number of anilines is 1. The Kier molecular flexibility index (Phi) is 5.34. The molecule has 0 saturated heterocycles. The number of rotatable bonds is 4. The Hall–Kier alpha value is -1.42. The minimum absolute atomic E-state index is 0.0213. The Morgan fingerprint density at radius 2 is 1.95 bits per heavy atom. The molecule has 116 valence electrons. The van der Waals surface area contributed by atoms with Crippen LogP contribution in [0.4, 0.5) is 10.1 Å². The number of amides is 1. The third-order valence-corrected chi connectivity index (χ3v) is 4.83. The van der Waals surface area contributed by atoms with Crippen LogP contribution in [0.3, 0.4) is 0 Å². The first kappa shape index (κ1) is 16.0. The summed E-state index contributed by atoms with van der Waals surface area (Å²) in [4.78, 5) is 12.2. The summed E-state index contributed by atoms with van der Waals surface area (Å²) in [5.74, 6) is 1.05.